The van der Waals surface area contributed by atoms with Crippen LogP contribution < -0.4 is 10.1 Å². The van der Waals surface area contributed by atoms with Gasteiger partial charge in [0.25, 0.3) is 0 Å². The van der Waals surface area contributed by atoms with E-state index in [9.17, 15) is 5.11 Å². The van der Waals surface area contributed by atoms with Crippen molar-refractivity contribution in [2.45, 2.75) is 19.6 Å². The van der Waals surface area contributed by atoms with Gasteiger partial charge >= 0.3 is 0 Å². The molecular weight excluding hydrogens is 250 g/mol. The summed E-state index contributed by atoms with van der Waals surface area (Å²) in [6.07, 6.45) is -0.515. The fraction of sp³-hybridized carbons (Fsp3) is 0.294. The molecule has 20 heavy (non-hydrogen) atoms. The predicted octanol–water partition coefficient (Wildman–Crippen LogP) is 2.52. The van der Waals surface area contributed by atoms with Gasteiger partial charge < -0.3 is 15.2 Å². The molecule has 2 rings (SSSR count). The Morgan fingerprint density at radius 1 is 1.10 bits per heavy atom. The Kier molecular flexibility index (Phi) is 5.59. The topological polar surface area (TPSA) is 41.5 Å². The molecule has 0 spiro atoms. The number of ether oxygens (including phenoxy) is 1. The molecular formula is C17H21NO2. The van der Waals surface area contributed by atoms with Crippen molar-refractivity contribution in [2.24, 2.45) is 0 Å². The Morgan fingerprint density at radius 2 is 1.90 bits per heavy atom. The van der Waals surface area contributed by atoms with Crippen molar-refractivity contribution in [2.75, 3.05) is 13.2 Å². The summed E-state index contributed by atoms with van der Waals surface area (Å²) in [4.78, 5) is 0. The third kappa shape index (κ3) is 5.03. The number of aliphatic hydroxyl groups is 1. The lowest BCUT2D eigenvalue weighted by Crippen LogP contribution is -2.31. The van der Waals surface area contributed by atoms with Crippen LogP contribution in [0, 0.1) is 6.92 Å². The highest BCUT2D eigenvalue weighted by molar-refractivity contribution is 5.27. The molecule has 0 aliphatic carbocycles. The third-order valence-electron chi connectivity index (χ3n) is 2.98. The van der Waals surface area contributed by atoms with Gasteiger partial charge in [0.05, 0.1) is 0 Å². The summed E-state index contributed by atoms with van der Waals surface area (Å²) < 4.78 is 5.56. The van der Waals surface area contributed by atoms with Crippen molar-refractivity contribution in [1.29, 1.82) is 0 Å². The van der Waals surface area contributed by atoms with Crippen LogP contribution in [0.15, 0.2) is 54.6 Å². The molecule has 2 aromatic rings. The molecule has 0 aliphatic rings. The van der Waals surface area contributed by atoms with Crippen molar-refractivity contribution in [3.05, 3.63) is 65.7 Å². The molecule has 0 aromatic heterocycles. The van der Waals surface area contributed by atoms with Gasteiger partial charge in [-0.15, -0.1) is 0 Å². The van der Waals surface area contributed by atoms with Gasteiger partial charge in [0, 0.05) is 13.1 Å². The van der Waals surface area contributed by atoms with Crippen LogP contribution in [0.5, 0.6) is 5.75 Å². The summed E-state index contributed by atoms with van der Waals surface area (Å²) in [5, 5.41) is 13.1. The second-order valence-corrected chi connectivity index (χ2v) is 4.90. The lowest BCUT2D eigenvalue weighted by atomic mass is 10.2. The Hall–Kier alpha value is -1.84. The zero-order valence-corrected chi connectivity index (χ0v) is 11.8. The van der Waals surface area contributed by atoms with Crippen molar-refractivity contribution in [1.82, 2.24) is 5.32 Å². The third-order valence-corrected chi connectivity index (χ3v) is 2.98. The second kappa shape index (κ2) is 7.68. The molecule has 0 saturated heterocycles. The largest absolute Gasteiger partial charge is 0.491 e. The Balaban J connectivity index is 1.67. The van der Waals surface area contributed by atoms with Gasteiger partial charge in [0.1, 0.15) is 18.5 Å². The molecule has 1 unspecified atom stereocenters. The van der Waals surface area contributed by atoms with Gasteiger partial charge in [-0.05, 0) is 30.2 Å². The smallest absolute Gasteiger partial charge is 0.119 e. The van der Waals surface area contributed by atoms with Crippen LogP contribution in [0.2, 0.25) is 0 Å². The van der Waals surface area contributed by atoms with E-state index < -0.39 is 6.10 Å². The zero-order chi connectivity index (χ0) is 14.2. The summed E-state index contributed by atoms with van der Waals surface area (Å²) in [5.74, 6) is 0.798. The second-order valence-electron chi connectivity index (χ2n) is 4.90. The van der Waals surface area contributed by atoms with Crippen molar-refractivity contribution in [3.63, 3.8) is 0 Å². The summed E-state index contributed by atoms with van der Waals surface area (Å²) in [7, 11) is 0. The lowest BCUT2D eigenvalue weighted by molar-refractivity contribution is 0.106. The van der Waals surface area contributed by atoms with Gasteiger partial charge in [0.2, 0.25) is 0 Å². The highest BCUT2D eigenvalue weighted by atomic mass is 16.5. The summed E-state index contributed by atoms with van der Waals surface area (Å²) in [6, 6.07) is 18.0. The van der Waals surface area contributed by atoms with Gasteiger partial charge in [-0.3, -0.25) is 0 Å². The maximum atomic E-state index is 9.87. The maximum Gasteiger partial charge on any atom is 0.119 e. The predicted molar refractivity (Wildman–Crippen MR) is 80.8 cm³/mol. The fourth-order valence-corrected chi connectivity index (χ4v) is 1.94. The van der Waals surface area contributed by atoms with E-state index in [-0.39, 0.29) is 0 Å². The van der Waals surface area contributed by atoms with Gasteiger partial charge in [-0.25, -0.2) is 0 Å². The molecule has 0 bridgehead atoms. The van der Waals surface area contributed by atoms with Crippen molar-refractivity contribution in [3.8, 4) is 5.75 Å². The number of benzene rings is 2. The first-order valence-electron chi connectivity index (χ1n) is 6.86. The summed E-state index contributed by atoms with van der Waals surface area (Å²) in [6.45, 7) is 3.58. The minimum absolute atomic E-state index is 0.297. The Labute approximate surface area is 120 Å². The van der Waals surface area contributed by atoms with Gasteiger partial charge in [0.15, 0.2) is 0 Å². The molecule has 0 fully saturated rings. The highest BCUT2D eigenvalue weighted by Gasteiger charge is 2.05. The minimum Gasteiger partial charge on any atom is -0.491 e. The van der Waals surface area contributed by atoms with E-state index in [0.717, 1.165) is 17.9 Å². The van der Waals surface area contributed by atoms with Crippen molar-refractivity contribution < 1.29 is 9.84 Å². The van der Waals surface area contributed by atoms with Crippen LogP contribution in [-0.2, 0) is 6.54 Å². The number of aliphatic hydroxyl groups excluding tert-OH is 1. The van der Waals surface area contributed by atoms with E-state index in [0.29, 0.717) is 13.2 Å². The highest BCUT2D eigenvalue weighted by Crippen LogP contribution is 2.12. The molecule has 106 valence electrons. The molecule has 0 saturated carbocycles. The van der Waals surface area contributed by atoms with Gasteiger partial charge in [-0.1, -0.05) is 42.5 Å². The van der Waals surface area contributed by atoms with Crippen molar-refractivity contribution >= 4 is 0 Å². The number of aryl methyl sites for hydroxylation is 1. The first-order chi connectivity index (χ1) is 9.74. The molecule has 0 radical (unpaired) electrons. The molecule has 0 aliphatic heterocycles. The van der Waals surface area contributed by atoms with E-state index in [1.807, 2.05) is 49.4 Å². The Bertz CT molecular complexity index is 513. The molecule has 0 heterocycles. The lowest BCUT2D eigenvalue weighted by Gasteiger charge is -2.13. The van der Waals surface area contributed by atoms with E-state index >= 15 is 0 Å². The molecule has 1 atom stereocenters. The molecule has 3 nitrogen and oxygen atoms in total. The number of nitrogens with one attached hydrogen (secondary N) is 1. The molecule has 2 aromatic carbocycles. The normalized spacial score (nSPS) is 12.1. The van der Waals surface area contributed by atoms with Gasteiger partial charge in [-0.2, -0.15) is 0 Å². The van der Waals surface area contributed by atoms with E-state index in [2.05, 4.69) is 17.4 Å². The zero-order valence-electron chi connectivity index (χ0n) is 11.8. The molecule has 0 amide bonds. The van der Waals surface area contributed by atoms with Crippen LogP contribution >= 0.6 is 0 Å². The Morgan fingerprint density at radius 3 is 2.65 bits per heavy atom. The van der Waals surface area contributed by atoms with Crippen LogP contribution in [0.1, 0.15) is 11.1 Å². The van der Waals surface area contributed by atoms with Crippen LogP contribution in [0.25, 0.3) is 0 Å². The average Bonchev–Trinajstić information content (AvgIpc) is 2.46. The molecule has 3 heteroatoms. The van der Waals surface area contributed by atoms with E-state index in [1.165, 1.54) is 5.56 Å². The molecule has 2 N–H and O–H groups in total. The van der Waals surface area contributed by atoms with Crippen LogP contribution in [0.3, 0.4) is 0 Å². The first-order valence-corrected chi connectivity index (χ1v) is 6.86. The average molecular weight is 271 g/mol. The SMILES string of the molecule is Cc1cccc(OCC(O)CNCc2ccccc2)c1. The summed E-state index contributed by atoms with van der Waals surface area (Å²) in [5.41, 5.74) is 2.36. The monoisotopic (exact) mass is 271 g/mol. The number of hydrogen-bond donors (Lipinski definition) is 2. The van der Waals surface area contributed by atoms with E-state index in [1.54, 1.807) is 0 Å². The minimum atomic E-state index is -0.515. The standard InChI is InChI=1S/C17H21NO2/c1-14-6-5-9-17(10-14)20-13-16(19)12-18-11-15-7-3-2-4-8-15/h2-10,16,18-19H,11-13H2,1H3. The first kappa shape index (κ1) is 14.6. The maximum absolute atomic E-state index is 9.87. The number of hydrogen-bond acceptors (Lipinski definition) is 3. The fourth-order valence-electron chi connectivity index (χ4n) is 1.94. The van der Waals surface area contributed by atoms with E-state index in [4.69, 9.17) is 4.74 Å². The van der Waals surface area contributed by atoms with Crippen LogP contribution in [0.4, 0.5) is 0 Å². The summed E-state index contributed by atoms with van der Waals surface area (Å²) >= 11 is 0. The van der Waals surface area contributed by atoms with Crippen LogP contribution in [-0.4, -0.2) is 24.4 Å². The number of rotatable bonds is 7. The quantitative estimate of drug-likeness (QED) is 0.813.